The van der Waals surface area contributed by atoms with E-state index in [0.717, 1.165) is 11.0 Å². The molecule has 3 rings (SSSR count). The summed E-state index contributed by atoms with van der Waals surface area (Å²) in [7, 11) is 0. The number of non-ortho nitro benzene ring substituents is 1. The highest BCUT2D eigenvalue weighted by Crippen LogP contribution is 2.27. The molecule has 2 aliphatic heterocycles. The first-order valence-electron chi connectivity index (χ1n) is 10.1. The zero-order chi connectivity index (χ0) is 22.5. The summed E-state index contributed by atoms with van der Waals surface area (Å²) in [6.45, 7) is 1.90. The summed E-state index contributed by atoms with van der Waals surface area (Å²) in [6, 6.07) is 3.58. The first-order chi connectivity index (χ1) is 14.8. The number of carbonyl (C=O) groups excluding carboxylic acids is 4. The lowest BCUT2D eigenvalue weighted by Gasteiger charge is -2.35. The number of rotatable bonds is 8. The van der Waals surface area contributed by atoms with E-state index in [1.165, 1.54) is 12.1 Å². The molecule has 1 aromatic rings. The number of nitro benzene ring substituents is 1. The number of halogens is 1. The molecule has 0 unspecified atom stereocenters. The van der Waals surface area contributed by atoms with Crippen LogP contribution in [0.4, 0.5) is 5.69 Å². The Morgan fingerprint density at radius 3 is 2.03 bits per heavy atom. The predicted molar refractivity (Wildman–Crippen MR) is 111 cm³/mol. The summed E-state index contributed by atoms with van der Waals surface area (Å²) in [5.74, 6) is -0.709. The minimum Gasteiger partial charge on any atom is -0.339 e. The van der Waals surface area contributed by atoms with Crippen molar-refractivity contribution in [1.82, 2.24) is 14.7 Å². The SMILES string of the molecule is O=C(CCCCl)N1CCN(C(=O)CCCN2C(=O)c3ccc([N+](=O)[O-])cc3C2=O)CC1. The number of amides is 4. The number of fused-ring (bicyclic) bond motifs is 1. The van der Waals surface area contributed by atoms with Crippen LogP contribution in [0, 0.1) is 10.1 Å². The number of piperazine rings is 1. The second-order valence-electron chi connectivity index (χ2n) is 7.41. The fourth-order valence-corrected chi connectivity index (χ4v) is 3.86. The third-order valence-electron chi connectivity index (χ3n) is 5.45. The molecular formula is C20H23ClN4O6. The van der Waals surface area contributed by atoms with Gasteiger partial charge in [0.1, 0.15) is 0 Å². The molecule has 0 aromatic heterocycles. The molecule has 1 fully saturated rings. The fraction of sp³-hybridized carbons (Fsp3) is 0.500. The minimum atomic E-state index is -0.620. The molecule has 0 spiro atoms. The minimum absolute atomic E-state index is 0.0143. The van der Waals surface area contributed by atoms with Gasteiger partial charge in [0.25, 0.3) is 17.5 Å². The third-order valence-corrected chi connectivity index (χ3v) is 5.71. The molecule has 2 heterocycles. The molecule has 31 heavy (non-hydrogen) atoms. The van der Waals surface area contributed by atoms with Crippen LogP contribution in [0.15, 0.2) is 18.2 Å². The van der Waals surface area contributed by atoms with Crippen molar-refractivity contribution in [2.24, 2.45) is 0 Å². The van der Waals surface area contributed by atoms with Crippen LogP contribution in [-0.2, 0) is 9.59 Å². The molecule has 0 N–H and O–H groups in total. The van der Waals surface area contributed by atoms with Crippen LogP contribution < -0.4 is 0 Å². The van der Waals surface area contributed by atoms with Crippen LogP contribution in [0.25, 0.3) is 0 Å². The molecule has 0 saturated carbocycles. The predicted octanol–water partition coefficient (Wildman–Crippen LogP) is 1.66. The van der Waals surface area contributed by atoms with Crippen LogP contribution in [0.2, 0.25) is 0 Å². The van der Waals surface area contributed by atoms with E-state index < -0.39 is 16.7 Å². The molecule has 10 nitrogen and oxygen atoms in total. The van der Waals surface area contributed by atoms with E-state index in [4.69, 9.17) is 11.6 Å². The molecule has 4 amide bonds. The fourth-order valence-electron chi connectivity index (χ4n) is 3.72. The Morgan fingerprint density at radius 2 is 1.48 bits per heavy atom. The van der Waals surface area contributed by atoms with E-state index >= 15 is 0 Å². The molecule has 11 heteroatoms. The first kappa shape index (κ1) is 22.7. The molecular weight excluding hydrogens is 428 g/mol. The standard InChI is InChI=1S/C20H23ClN4O6/c21-7-1-3-17(26)22-9-11-23(12-10-22)18(27)4-2-8-24-19(28)15-6-5-14(25(30)31)13-16(15)20(24)29/h5-6,13H,1-4,7-12H2. The maximum absolute atomic E-state index is 12.5. The van der Waals surface area contributed by atoms with E-state index in [1.54, 1.807) is 9.80 Å². The Labute approximate surface area is 183 Å². The first-order valence-corrected chi connectivity index (χ1v) is 10.6. The van der Waals surface area contributed by atoms with E-state index in [2.05, 4.69) is 0 Å². The maximum Gasteiger partial charge on any atom is 0.270 e. The monoisotopic (exact) mass is 450 g/mol. The zero-order valence-electron chi connectivity index (χ0n) is 16.9. The van der Waals surface area contributed by atoms with Gasteiger partial charge in [-0.3, -0.25) is 34.2 Å². The molecule has 0 atom stereocenters. The van der Waals surface area contributed by atoms with Crippen LogP contribution in [-0.4, -0.2) is 81.9 Å². The lowest BCUT2D eigenvalue weighted by atomic mass is 10.1. The number of alkyl halides is 1. The van der Waals surface area contributed by atoms with Gasteiger partial charge in [-0.2, -0.15) is 0 Å². The number of hydrogen-bond acceptors (Lipinski definition) is 6. The summed E-state index contributed by atoms with van der Waals surface area (Å²) < 4.78 is 0. The lowest BCUT2D eigenvalue weighted by molar-refractivity contribution is -0.384. The Bertz CT molecular complexity index is 913. The highest BCUT2D eigenvalue weighted by Gasteiger charge is 2.36. The largest absolute Gasteiger partial charge is 0.339 e. The van der Waals surface area contributed by atoms with E-state index in [0.29, 0.717) is 51.3 Å². The highest BCUT2D eigenvalue weighted by atomic mass is 35.5. The van der Waals surface area contributed by atoms with Crippen molar-refractivity contribution in [1.29, 1.82) is 0 Å². The normalized spacial score (nSPS) is 16.0. The summed E-state index contributed by atoms with van der Waals surface area (Å²) in [5, 5.41) is 10.9. The quantitative estimate of drug-likeness (QED) is 0.257. The van der Waals surface area contributed by atoms with Crippen molar-refractivity contribution in [3.63, 3.8) is 0 Å². The van der Waals surface area contributed by atoms with Crippen molar-refractivity contribution in [2.45, 2.75) is 25.7 Å². The molecule has 166 valence electrons. The van der Waals surface area contributed by atoms with Gasteiger partial charge < -0.3 is 9.80 Å². The van der Waals surface area contributed by atoms with Gasteiger partial charge in [0, 0.05) is 63.6 Å². The molecule has 2 aliphatic rings. The van der Waals surface area contributed by atoms with Crippen LogP contribution in [0.5, 0.6) is 0 Å². The third kappa shape index (κ3) is 5.01. The number of nitrogens with zero attached hydrogens (tertiary/aromatic N) is 4. The summed E-state index contributed by atoms with van der Waals surface area (Å²) in [5.41, 5.74) is -0.102. The molecule has 0 aliphatic carbocycles. The van der Waals surface area contributed by atoms with Gasteiger partial charge in [0.2, 0.25) is 11.8 Å². The van der Waals surface area contributed by atoms with Crippen molar-refractivity contribution in [3.05, 3.63) is 39.4 Å². The van der Waals surface area contributed by atoms with E-state index in [9.17, 15) is 29.3 Å². The number of nitro groups is 1. The summed E-state index contributed by atoms with van der Waals surface area (Å²) in [4.78, 5) is 64.1. The number of benzene rings is 1. The maximum atomic E-state index is 12.5. The zero-order valence-corrected chi connectivity index (χ0v) is 17.7. The van der Waals surface area contributed by atoms with E-state index in [-0.39, 0.29) is 41.6 Å². The second-order valence-corrected chi connectivity index (χ2v) is 7.78. The van der Waals surface area contributed by atoms with Crippen molar-refractivity contribution in [2.75, 3.05) is 38.6 Å². The average Bonchev–Trinajstić information content (AvgIpc) is 3.01. The van der Waals surface area contributed by atoms with Gasteiger partial charge in [0.05, 0.1) is 16.1 Å². The van der Waals surface area contributed by atoms with Crippen LogP contribution >= 0.6 is 11.6 Å². The van der Waals surface area contributed by atoms with Crippen LogP contribution in [0.1, 0.15) is 46.4 Å². The molecule has 0 radical (unpaired) electrons. The number of imide groups is 1. The lowest BCUT2D eigenvalue weighted by Crippen LogP contribution is -2.50. The molecule has 1 aromatic carbocycles. The Kier molecular flexibility index (Phi) is 7.21. The van der Waals surface area contributed by atoms with Crippen molar-refractivity contribution >= 4 is 40.9 Å². The van der Waals surface area contributed by atoms with Crippen molar-refractivity contribution < 1.29 is 24.1 Å². The Hall–Kier alpha value is -3.01. The van der Waals surface area contributed by atoms with Crippen LogP contribution in [0.3, 0.4) is 0 Å². The highest BCUT2D eigenvalue weighted by molar-refractivity contribution is 6.21. The second kappa shape index (κ2) is 9.86. The molecule has 0 bridgehead atoms. The van der Waals surface area contributed by atoms with Gasteiger partial charge in [-0.25, -0.2) is 0 Å². The van der Waals surface area contributed by atoms with Gasteiger partial charge in [-0.05, 0) is 18.9 Å². The van der Waals surface area contributed by atoms with E-state index in [1.807, 2.05) is 0 Å². The van der Waals surface area contributed by atoms with Gasteiger partial charge in [-0.15, -0.1) is 11.6 Å². The molecule has 1 saturated heterocycles. The average molecular weight is 451 g/mol. The Morgan fingerprint density at radius 1 is 0.935 bits per heavy atom. The summed E-state index contributed by atoms with van der Waals surface area (Å²) in [6.07, 6.45) is 1.49. The van der Waals surface area contributed by atoms with Gasteiger partial charge in [-0.1, -0.05) is 0 Å². The number of carbonyl (C=O) groups is 4. The van der Waals surface area contributed by atoms with Gasteiger partial charge >= 0.3 is 0 Å². The van der Waals surface area contributed by atoms with Gasteiger partial charge in [0.15, 0.2) is 0 Å². The smallest absolute Gasteiger partial charge is 0.270 e. The topological polar surface area (TPSA) is 121 Å². The van der Waals surface area contributed by atoms with Crippen molar-refractivity contribution in [3.8, 4) is 0 Å². The summed E-state index contributed by atoms with van der Waals surface area (Å²) >= 11 is 5.61. The Balaban J connectivity index is 1.47. The number of hydrogen-bond donors (Lipinski definition) is 0.